The third-order valence-corrected chi connectivity index (χ3v) is 10.2. The van der Waals surface area contributed by atoms with Crippen LogP contribution in [0.15, 0.2) is 72.9 Å². The Bertz CT molecular complexity index is 2030. The predicted molar refractivity (Wildman–Crippen MR) is 183 cm³/mol. The van der Waals surface area contributed by atoms with E-state index in [4.69, 9.17) is 27.9 Å². The van der Waals surface area contributed by atoms with Crippen molar-refractivity contribution in [3.63, 3.8) is 0 Å². The summed E-state index contributed by atoms with van der Waals surface area (Å²) in [6.45, 7) is 4.13. The van der Waals surface area contributed by atoms with Crippen molar-refractivity contribution in [1.82, 2.24) is 14.9 Å². The van der Waals surface area contributed by atoms with Gasteiger partial charge in [-0.1, -0.05) is 47.5 Å². The van der Waals surface area contributed by atoms with Crippen molar-refractivity contribution in [2.24, 2.45) is 0 Å². The number of carbonyl (C=O) groups is 2. The second-order valence-corrected chi connectivity index (χ2v) is 14.4. The fourth-order valence-electron chi connectivity index (χ4n) is 5.48. The topological polar surface area (TPSA) is 110 Å². The Morgan fingerprint density at radius 3 is 2.49 bits per heavy atom. The number of Topliss-reactive ketones (excluding diaryl/α,β-unsaturated/α-hetero) is 1. The molecule has 0 spiro atoms. The third-order valence-electron chi connectivity index (χ3n) is 7.81. The normalized spacial score (nSPS) is 11.6. The molecule has 0 aliphatic carbocycles. The number of aryl methyl sites for hydroxylation is 3. The van der Waals surface area contributed by atoms with Crippen molar-refractivity contribution in [2.45, 2.75) is 33.2 Å². The number of halogens is 3. The zero-order valence-electron chi connectivity index (χ0n) is 25.9. The predicted octanol–water partition coefficient (Wildman–Crippen LogP) is 7.12. The van der Waals surface area contributed by atoms with Crippen molar-refractivity contribution in [2.75, 3.05) is 24.7 Å². The highest BCUT2D eigenvalue weighted by Gasteiger charge is 2.24. The number of aromatic amines is 1. The Hall–Kier alpha value is -4.12. The van der Waals surface area contributed by atoms with Crippen LogP contribution in [0.25, 0.3) is 10.9 Å². The maximum absolute atomic E-state index is 14.1. The van der Waals surface area contributed by atoms with E-state index in [0.717, 1.165) is 16.5 Å². The Kier molecular flexibility index (Phi) is 10.7. The molecular weight excluding hydrogens is 664 g/mol. The van der Waals surface area contributed by atoms with Gasteiger partial charge in [0.25, 0.3) is 5.91 Å². The third kappa shape index (κ3) is 8.43. The summed E-state index contributed by atoms with van der Waals surface area (Å²) in [5.74, 6) is -1.95. The van der Waals surface area contributed by atoms with Crippen LogP contribution in [0.5, 0.6) is 5.75 Å². The summed E-state index contributed by atoms with van der Waals surface area (Å²) in [5, 5.41) is 4.55. The number of hydrogen-bond acceptors (Lipinski definition) is 5. The lowest BCUT2D eigenvalue weighted by atomic mass is 10.0. The highest BCUT2D eigenvalue weighted by molar-refractivity contribution is 7.92. The first kappa shape index (κ1) is 34.2. The number of H-pyrrole nitrogens is 1. The molecule has 2 heterocycles. The number of fused-ring (bicyclic) bond motifs is 1. The number of sulfone groups is 1. The lowest BCUT2D eigenvalue weighted by molar-refractivity contribution is 0.0946. The number of nitrogens with zero attached hydrogens (tertiary/aromatic N) is 1. The van der Waals surface area contributed by atoms with E-state index in [1.54, 1.807) is 59.3 Å². The summed E-state index contributed by atoms with van der Waals surface area (Å²) in [6, 6.07) is 18.5. The summed E-state index contributed by atoms with van der Waals surface area (Å²) >= 11 is 12.5. The van der Waals surface area contributed by atoms with E-state index in [-0.39, 0.29) is 30.3 Å². The Morgan fingerprint density at radius 1 is 1.00 bits per heavy atom. The van der Waals surface area contributed by atoms with Gasteiger partial charge < -0.3 is 19.6 Å². The summed E-state index contributed by atoms with van der Waals surface area (Å²) in [6.07, 6.45) is 2.67. The monoisotopic (exact) mass is 697 g/mol. The first-order valence-electron chi connectivity index (χ1n) is 15.0. The lowest BCUT2D eigenvalue weighted by Gasteiger charge is -2.11. The molecule has 0 saturated heterocycles. The molecule has 12 heteroatoms. The van der Waals surface area contributed by atoms with Crippen LogP contribution in [0.1, 0.15) is 49.7 Å². The van der Waals surface area contributed by atoms with Crippen LogP contribution in [0, 0.1) is 19.7 Å². The molecule has 0 atom stereocenters. The van der Waals surface area contributed by atoms with E-state index < -0.39 is 33.0 Å². The van der Waals surface area contributed by atoms with Gasteiger partial charge in [-0.25, -0.2) is 12.8 Å². The average Bonchev–Trinajstić information content (AvgIpc) is 3.63. The van der Waals surface area contributed by atoms with Crippen molar-refractivity contribution < 1.29 is 27.1 Å². The molecule has 0 fully saturated rings. The van der Waals surface area contributed by atoms with Crippen molar-refractivity contribution in [3.8, 4) is 5.75 Å². The molecule has 5 rings (SSSR count). The molecule has 0 radical (unpaired) electrons. The highest BCUT2D eigenvalue weighted by Crippen LogP contribution is 2.29. The van der Waals surface area contributed by atoms with Crippen LogP contribution in [-0.4, -0.2) is 54.3 Å². The molecule has 0 aliphatic heterocycles. The maximum atomic E-state index is 14.1. The van der Waals surface area contributed by atoms with E-state index in [9.17, 15) is 22.4 Å². The fraction of sp³-hybridized carbons (Fsp3) is 0.257. The number of aromatic nitrogens is 2. The number of amides is 1. The number of ketones is 1. The number of hydrogen-bond donors (Lipinski definition) is 2. The molecule has 5 aromatic rings. The number of nitrogens with one attached hydrogen (secondary N) is 2. The molecule has 0 aliphatic rings. The highest BCUT2D eigenvalue weighted by atomic mass is 35.5. The molecule has 3 aromatic carbocycles. The van der Waals surface area contributed by atoms with Crippen molar-refractivity contribution in [1.29, 1.82) is 0 Å². The zero-order valence-corrected chi connectivity index (χ0v) is 28.2. The van der Waals surface area contributed by atoms with E-state index in [1.807, 2.05) is 26.0 Å². The van der Waals surface area contributed by atoms with Crippen LogP contribution < -0.4 is 10.1 Å². The maximum Gasteiger partial charge on any atom is 0.267 e. The molecule has 0 unspecified atom stereocenters. The first-order valence-corrected chi connectivity index (χ1v) is 17.6. The molecule has 8 nitrogen and oxygen atoms in total. The second kappa shape index (κ2) is 14.8. The number of benzene rings is 3. The molecule has 47 heavy (non-hydrogen) atoms. The Morgan fingerprint density at radius 2 is 1.74 bits per heavy atom. The van der Waals surface area contributed by atoms with E-state index >= 15 is 0 Å². The standard InChI is InChI=1S/C35H34Cl2FN3O5S/c1-22-17-26(18-23(2)33(22)37)46-15-6-8-28-27-12-11-25(36)19-30(27)40-34(28)32(42)21-47(44,45)16-13-39-35(43)31-10-5-14-41(31)20-24-7-3-4-9-29(24)38/h3-5,7,9-12,14,17-19,40H,6,8,13,15-16,20-21H2,1-2H3,(H,39,43). The van der Waals surface area contributed by atoms with Gasteiger partial charge in [0.1, 0.15) is 23.0 Å². The van der Waals surface area contributed by atoms with Gasteiger partial charge >= 0.3 is 0 Å². The van der Waals surface area contributed by atoms with E-state index in [2.05, 4.69) is 10.3 Å². The average molecular weight is 699 g/mol. The van der Waals surface area contributed by atoms with Crippen molar-refractivity contribution >= 4 is 55.6 Å². The summed E-state index contributed by atoms with van der Waals surface area (Å²) < 4.78 is 47.7. The van der Waals surface area contributed by atoms with Crippen LogP contribution in [0.3, 0.4) is 0 Å². The van der Waals surface area contributed by atoms with Gasteiger partial charge in [-0.3, -0.25) is 9.59 Å². The van der Waals surface area contributed by atoms with Crippen LogP contribution in [0.4, 0.5) is 4.39 Å². The first-order chi connectivity index (χ1) is 22.4. The number of rotatable bonds is 14. The van der Waals surface area contributed by atoms with Gasteiger partial charge in [0.05, 0.1) is 24.6 Å². The smallest absolute Gasteiger partial charge is 0.267 e. The van der Waals surface area contributed by atoms with Gasteiger partial charge in [0.15, 0.2) is 15.6 Å². The minimum absolute atomic E-state index is 0.139. The summed E-state index contributed by atoms with van der Waals surface area (Å²) in [7, 11) is -3.90. The quantitative estimate of drug-likeness (QED) is 0.0949. The molecule has 2 aromatic heterocycles. The largest absolute Gasteiger partial charge is 0.494 e. The summed E-state index contributed by atoms with van der Waals surface area (Å²) in [4.78, 5) is 29.3. The molecule has 246 valence electrons. The summed E-state index contributed by atoms with van der Waals surface area (Å²) in [5.41, 5.74) is 4.03. The van der Waals surface area contributed by atoms with Gasteiger partial charge in [-0.2, -0.15) is 0 Å². The SMILES string of the molecule is Cc1cc(OCCCc2c(C(=O)CS(=O)(=O)CCNC(=O)c3cccn3Cc3ccccc3F)[nH]c3cc(Cl)ccc23)cc(C)c1Cl. The van der Waals surface area contributed by atoms with Gasteiger partial charge in [0.2, 0.25) is 0 Å². The second-order valence-electron chi connectivity index (χ2n) is 11.4. The van der Waals surface area contributed by atoms with E-state index in [1.165, 1.54) is 6.07 Å². The molecule has 0 saturated carbocycles. The minimum Gasteiger partial charge on any atom is -0.494 e. The van der Waals surface area contributed by atoms with Crippen molar-refractivity contribution in [3.05, 3.63) is 122 Å². The van der Waals surface area contributed by atoms with Gasteiger partial charge in [-0.15, -0.1) is 0 Å². The molecular formula is C35H34Cl2FN3O5S. The Labute approximate surface area is 282 Å². The van der Waals surface area contributed by atoms with Gasteiger partial charge in [-0.05, 0) is 85.8 Å². The van der Waals surface area contributed by atoms with Gasteiger partial charge in [0, 0.05) is 39.3 Å². The number of ether oxygens (including phenoxy) is 1. The van der Waals surface area contributed by atoms with Crippen LogP contribution in [0.2, 0.25) is 10.0 Å². The van der Waals surface area contributed by atoms with Crippen LogP contribution in [-0.2, 0) is 22.8 Å². The van der Waals surface area contributed by atoms with Crippen LogP contribution >= 0.6 is 23.2 Å². The lowest BCUT2D eigenvalue weighted by Crippen LogP contribution is -2.32. The molecule has 2 N–H and O–H groups in total. The molecule has 1 amide bonds. The minimum atomic E-state index is -3.90. The van der Waals surface area contributed by atoms with E-state index in [0.29, 0.717) is 51.9 Å². The number of carbonyl (C=O) groups excluding carboxylic acids is 2. The fourth-order valence-corrected chi connectivity index (χ4v) is 6.86. The Balaban J connectivity index is 1.21. The molecule has 0 bridgehead atoms. The zero-order chi connectivity index (χ0) is 33.7.